The lowest BCUT2D eigenvalue weighted by Crippen LogP contribution is -2.45. The molecule has 50 heavy (non-hydrogen) atoms. The molecule has 4 atom stereocenters. The zero-order valence-electron chi connectivity index (χ0n) is 28.8. The molecule has 0 radical (unpaired) electrons. The molecule has 2 saturated heterocycles. The number of hydrogen-bond acceptors (Lipinski definition) is 8. The van der Waals surface area contributed by atoms with Crippen molar-refractivity contribution >= 4 is 16.0 Å². The molecule has 10 heteroatoms. The summed E-state index contributed by atoms with van der Waals surface area (Å²) in [5, 5.41) is 9.60. The van der Waals surface area contributed by atoms with Crippen molar-refractivity contribution in [1.82, 2.24) is 9.62 Å². The van der Waals surface area contributed by atoms with Gasteiger partial charge in [-0.2, -0.15) is 0 Å². The topological polar surface area (TPSA) is 114 Å². The van der Waals surface area contributed by atoms with Crippen LogP contribution >= 0.6 is 0 Å². The van der Waals surface area contributed by atoms with E-state index in [4.69, 9.17) is 14.2 Å². The molecule has 9 nitrogen and oxygen atoms in total. The minimum atomic E-state index is -3.64. The molecule has 0 spiro atoms. The fourth-order valence-corrected chi connectivity index (χ4v) is 7.60. The zero-order chi connectivity index (χ0) is 35.3. The van der Waals surface area contributed by atoms with E-state index in [1.807, 2.05) is 93.6 Å². The SMILES string of the molecule is CC(C)(C)OC(=O)C1CCCN1CC1CC(c2ccc(CO)cc2)OC(c2cccc(-c3cccc(CNS(=O)(=O)c4ccccc4)c3)c2)O1. The summed E-state index contributed by atoms with van der Waals surface area (Å²) in [7, 11) is -3.64. The van der Waals surface area contributed by atoms with Gasteiger partial charge in [-0.3, -0.25) is 9.69 Å². The number of likely N-dealkylation sites (tertiary alicyclic amines) is 1. The predicted molar refractivity (Wildman–Crippen MR) is 191 cm³/mol. The highest BCUT2D eigenvalue weighted by molar-refractivity contribution is 7.89. The number of esters is 1. The Labute approximate surface area is 295 Å². The quantitative estimate of drug-likeness (QED) is 0.167. The molecule has 0 aliphatic carbocycles. The van der Waals surface area contributed by atoms with Gasteiger partial charge in [-0.1, -0.05) is 78.9 Å². The summed E-state index contributed by atoms with van der Waals surface area (Å²) in [4.78, 5) is 15.5. The number of aliphatic hydroxyl groups excluding tert-OH is 1. The number of sulfonamides is 1. The summed E-state index contributed by atoms with van der Waals surface area (Å²) in [6.07, 6.45) is 1.12. The van der Waals surface area contributed by atoms with Gasteiger partial charge in [0.1, 0.15) is 11.6 Å². The Bertz CT molecular complexity index is 1860. The molecule has 4 aromatic rings. The molecule has 2 fully saturated rings. The Morgan fingerprint density at radius 3 is 2.32 bits per heavy atom. The maximum atomic E-state index is 13.1. The second kappa shape index (κ2) is 15.6. The molecular formula is C40H46N2O7S. The molecule has 4 aromatic carbocycles. The van der Waals surface area contributed by atoms with Gasteiger partial charge >= 0.3 is 5.97 Å². The molecule has 264 valence electrons. The molecule has 2 N–H and O–H groups in total. The third-order valence-corrected chi connectivity index (χ3v) is 10.5. The monoisotopic (exact) mass is 698 g/mol. The third kappa shape index (κ3) is 9.06. The largest absolute Gasteiger partial charge is 0.459 e. The van der Waals surface area contributed by atoms with Crippen LogP contribution in [0.5, 0.6) is 0 Å². The fourth-order valence-electron chi connectivity index (χ4n) is 6.56. The molecule has 2 aliphatic heterocycles. The lowest BCUT2D eigenvalue weighted by molar-refractivity contribution is -0.253. The van der Waals surface area contributed by atoms with Gasteiger partial charge in [0.25, 0.3) is 0 Å². The normalized spacial score (nSPS) is 21.6. The van der Waals surface area contributed by atoms with Crippen LogP contribution in [-0.2, 0) is 42.2 Å². The Kier molecular flexibility index (Phi) is 11.2. The van der Waals surface area contributed by atoms with Crippen LogP contribution in [0, 0.1) is 0 Å². The molecule has 4 unspecified atom stereocenters. The first-order chi connectivity index (χ1) is 24.0. The number of nitrogens with zero attached hydrogens (tertiary/aromatic N) is 1. The second-order valence-corrected chi connectivity index (χ2v) is 15.8. The number of carbonyl (C=O) groups excluding carboxylic acids is 1. The van der Waals surface area contributed by atoms with Gasteiger partial charge in [0.15, 0.2) is 6.29 Å². The van der Waals surface area contributed by atoms with E-state index >= 15 is 0 Å². The summed E-state index contributed by atoms with van der Waals surface area (Å²) in [5.41, 5.74) is 4.82. The summed E-state index contributed by atoms with van der Waals surface area (Å²) < 4.78 is 47.4. The van der Waals surface area contributed by atoms with Crippen molar-refractivity contribution in [1.29, 1.82) is 0 Å². The van der Waals surface area contributed by atoms with Crippen LogP contribution in [0.25, 0.3) is 11.1 Å². The first kappa shape index (κ1) is 35.9. The number of nitrogens with one attached hydrogen (secondary N) is 1. The maximum absolute atomic E-state index is 13.1. The summed E-state index contributed by atoms with van der Waals surface area (Å²) >= 11 is 0. The van der Waals surface area contributed by atoms with Crippen LogP contribution in [0.1, 0.15) is 74.7 Å². The van der Waals surface area contributed by atoms with Gasteiger partial charge in [-0.05, 0) is 92.2 Å². The van der Waals surface area contributed by atoms with Gasteiger partial charge in [-0.25, -0.2) is 13.1 Å². The molecule has 2 heterocycles. The van der Waals surface area contributed by atoms with Crippen LogP contribution in [0.4, 0.5) is 0 Å². The van der Waals surface area contributed by atoms with Crippen molar-refractivity contribution in [2.45, 2.75) is 88.2 Å². The van der Waals surface area contributed by atoms with E-state index < -0.39 is 21.9 Å². The van der Waals surface area contributed by atoms with E-state index in [9.17, 15) is 18.3 Å². The standard InChI is InChI=1S/C40H46N2O7S/c1-40(2,3)49-38(44)36-16-9-21-42(36)26-34-24-37(30-19-17-28(27-43)18-20-30)48-39(47-34)33-13-8-12-32(23-33)31-11-7-10-29(22-31)25-41-50(45,46)35-14-5-4-6-15-35/h4-8,10-15,17-20,22-23,34,36-37,39,41,43H,9,16,21,24-27H2,1-3H3. The Morgan fingerprint density at radius 2 is 1.60 bits per heavy atom. The van der Waals surface area contributed by atoms with Crippen LogP contribution < -0.4 is 4.72 Å². The van der Waals surface area contributed by atoms with Gasteiger partial charge in [0.2, 0.25) is 10.0 Å². The summed E-state index contributed by atoms with van der Waals surface area (Å²) in [6, 6.07) is 31.6. The number of rotatable bonds is 11. The number of benzene rings is 4. The molecular weight excluding hydrogens is 653 g/mol. The van der Waals surface area contributed by atoms with Gasteiger partial charge in [0, 0.05) is 25.1 Å². The van der Waals surface area contributed by atoms with E-state index in [1.54, 1.807) is 30.3 Å². The molecule has 2 aliphatic rings. The summed E-state index contributed by atoms with van der Waals surface area (Å²) in [5.74, 6) is -0.197. The van der Waals surface area contributed by atoms with Crippen LogP contribution in [0.15, 0.2) is 108 Å². The highest BCUT2D eigenvalue weighted by atomic mass is 32.2. The first-order valence-electron chi connectivity index (χ1n) is 17.2. The lowest BCUT2D eigenvalue weighted by Gasteiger charge is -2.38. The van der Waals surface area contributed by atoms with Crippen molar-refractivity contribution in [2.24, 2.45) is 0 Å². The highest BCUT2D eigenvalue weighted by Crippen LogP contribution is 2.40. The maximum Gasteiger partial charge on any atom is 0.323 e. The van der Waals surface area contributed by atoms with E-state index in [0.717, 1.165) is 52.8 Å². The predicted octanol–water partition coefficient (Wildman–Crippen LogP) is 6.68. The Balaban J connectivity index is 1.22. The smallest absolute Gasteiger partial charge is 0.323 e. The minimum Gasteiger partial charge on any atom is -0.459 e. The third-order valence-electron chi connectivity index (χ3n) is 9.03. The number of hydrogen-bond donors (Lipinski definition) is 2. The van der Waals surface area contributed by atoms with Crippen molar-refractivity contribution in [2.75, 3.05) is 13.1 Å². The van der Waals surface area contributed by atoms with Crippen LogP contribution in [0.3, 0.4) is 0 Å². The van der Waals surface area contributed by atoms with Gasteiger partial charge < -0.3 is 19.3 Å². The van der Waals surface area contributed by atoms with E-state index in [-0.39, 0.29) is 42.3 Å². The molecule has 0 bridgehead atoms. The molecule has 0 amide bonds. The van der Waals surface area contributed by atoms with E-state index in [0.29, 0.717) is 13.0 Å². The fraction of sp³-hybridized carbons (Fsp3) is 0.375. The van der Waals surface area contributed by atoms with E-state index in [1.165, 1.54) is 0 Å². The van der Waals surface area contributed by atoms with Crippen molar-refractivity contribution in [3.05, 3.63) is 125 Å². The second-order valence-electron chi connectivity index (χ2n) is 14.0. The average Bonchev–Trinajstić information content (AvgIpc) is 3.59. The van der Waals surface area contributed by atoms with Gasteiger partial charge in [-0.15, -0.1) is 0 Å². The Hall–Kier alpha value is -3.90. The summed E-state index contributed by atoms with van der Waals surface area (Å²) in [6.45, 7) is 7.14. The lowest BCUT2D eigenvalue weighted by atomic mass is 9.98. The van der Waals surface area contributed by atoms with Crippen molar-refractivity contribution in [3.63, 3.8) is 0 Å². The molecule has 6 rings (SSSR count). The van der Waals surface area contributed by atoms with Crippen molar-refractivity contribution in [3.8, 4) is 11.1 Å². The molecule has 0 saturated carbocycles. The van der Waals surface area contributed by atoms with Crippen molar-refractivity contribution < 1.29 is 32.5 Å². The minimum absolute atomic E-state index is 0.0337. The average molecular weight is 699 g/mol. The zero-order valence-corrected chi connectivity index (χ0v) is 29.6. The number of aliphatic hydroxyl groups is 1. The molecule has 0 aromatic heterocycles. The first-order valence-corrected chi connectivity index (χ1v) is 18.7. The van der Waals surface area contributed by atoms with E-state index in [2.05, 4.69) is 9.62 Å². The number of ether oxygens (including phenoxy) is 3. The van der Waals surface area contributed by atoms with Gasteiger partial charge in [0.05, 0.1) is 23.7 Å². The van der Waals surface area contributed by atoms with Crippen LogP contribution in [-0.4, -0.2) is 55.2 Å². The van der Waals surface area contributed by atoms with Crippen LogP contribution in [0.2, 0.25) is 0 Å². The highest BCUT2D eigenvalue weighted by Gasteiger charge is 2.39. The Morgan fingerprint density at radius 1 is 0.880 bits per heavy atom. The number of carbonyl (C=O) groups is 1.